The summed E-state index contributed by atoms with van der Waals surface area (Å²) in [6, 6.07) is 0. The summed E-state index contributed by atoms with van der Waals surface area (Å²) >= 11 is 0. The maximum absolute atomic E-state index is 11.6. The van der Waals surface area contributed by atoms with Crippen molar-refractivity contribution in [1.82, 2.24) is 0 Å². The Morgan fingerprint density at radius 3 is 2.07 bits per heavy atom. The highest BCUT2D eigenvalue weighted by atomic mass is 16.5. The average Bonchev–Trinajstić information content (AvgIpc) is 2.17. The van der Waals surface area contributed by atoms with Gasteiger partial charge in [0.25, 0.3) is 0 Å². The van der Waals surface area contributed by atoms with E-state index in [2.05, 4.69) is 0 Å². The molecule has 0 unspecified atom stereocenters. The second-order valence-electron chi connectivity index (χ2n) is 3.68. The van der Waals surface area contributed by atoms with E-state index >= 15 is 0 Å². The lowest BCUT2D eigenvalue weighted by molar-refractivity contribution is -0.160. The molecule has 0 bridgehead atoms. The SMILES string of the molecule is CCOC(=O)[C@@](C)(CC(=O)CC)C(C)=O. The van der Waals surface area contributed by atoms with Crippen LogP contribution in [0.4, 0.5) is 0 Å². The summed E-state index contributed by atoms with van der Waals surface area (Å²) in [4.78, 5) is 34.2. The monoisotopic (exact) mass is 214 g/mol. The number of carbonyl (C=O) groups excluding carboxylic acids is 3. The van der Waals surface area contributed by atoms with E-state index in [1.807, 2.05) is 0 Å². The zero-order valence-corrected chi connectivity index (χ0v) is 9.75. The number of hydrogen-bond donors (Lipinski definition) is 0. The summed E-state index contributed by atoms with van der Waals surface area (Å²) < 4.78 is 4.80. The second-order valence-corrected chi connectivity index (χ2v) is 3.68. The molecule has 15 heavy (non-hydrogen) atoms. The molecule has 0 radical (unpaired) electrons. The summed E-state index contributed by atoms with van der Waals surface area (Å²) in [7, 11) is 0. The fourth-order valence-corrected chi connectivity index (χ4v) is 1.15. The van der Waals surface area contributed by atoms with E-state index in [1.165, 1.54) is 13.8 Å². The van der Waals surface area contributed by atoms with Crippen LogP contribution in [0.25, 0.3) is 0 Å². The largest absolute Gasteiger partial charge is 0.465 e. The van der Waals surface area contributed by atoms with Crippen LogP contribution in [0.3, 0.4) is 0 Å². The molecular weight excluding hydrogens is 196 g/mol. The molecule has 0 aliphatic carbocycles. The minimum Gasteiger partial charge on any atom is -0.465 e. The quantitative estimate of drug-likeness (QED) is 0.496. The maximum atomic E-state index is 11.6. The fraction of sp³-hybridized carbons (Fsp3) is 0.727. The van der Waals surface area contributed by atoms with E-state index < -0.39 is 11.4 Å². The van der Waals surface area contributed by atoms with E-state index in [9.17, 15) is 14.4 Å². The van der Waals surface area contributed by atoms with Gasteiger partial charge in [-0.1, -0.05) is 6.92 Å². The van der Waals surface area contributed by atoms with Crippen LogP contribution in [-0.4, -0.2) is 24.1 Å². The molecule has 0 aromatic carbocycles. The van der Waals surface area contributed by atoms with Gasteiger partial charge in [0, 0.05) is 12.8 Å². The van der Waals surface area contributed by atoms with Gasteiger partial charge in [0.1, 0.15) is 17.0 Å². The molecule has 4 nitrogen and oxygen atoms in total. The van der Waals surface area contributed by atoms with Gasteiger partial charge in [-0.2, -0.15) is 0 Å². The van der Waals surface area contributed by atoms with Crippen molar-refractivity contribution in [3.63, 3.8) is 0 Å². The van der Waals surface area contributed by atoms with Gasteiger partial charge >= 0.3 is 5.97 Å². The Labute approximate surface area is 90.0 Å². The fourth-order valence-electron chi connectivity index (χ4n) is 1.15. The van der Waals surface area contributed by atoms with Gasteiger partial charge in [-0.3, -0.25) is 14.4 Å². The number of Topliss-reactive ketones (excluding diaryl/α,β-unsaturated/α-hetero) is 2. The van der Waals surface area contributed by atoms with Gasteiger partial charge in [-0.15, -0.1) is 0 Å². The van der Waals surface area contributed by atoms with E-state index in [0.717, 1.165) is 0 Å². The normalized spacial score (nSPS) is 14.1. The molecule has 0 aliphatic rings. The van der Waals surface area contributed by atoms with E-state index in [-0.39, 0.29) is 24.6 Å². The number of ether oxygens (including phenoxy) is 1. The molecular formula is C11H18O4. The molecule has 0 rings (SSSR count). The molecule has 0 heterocycles. The van der Waals surface area contributed by atoms with Gasteiger partial charge in [-0.05, 0) is 20.8 Å². The van der Waals surface area contributed by atoms with Crippen LogP contribution in [0.1, 0.15) is 40.5 Å². The van der Waals surface area contributed by atoms with Crippen molar-refractivity contribution < 1.29 is 19.1 Å². The first kappa shape index (κ1) is 13.8. The minimum atomic E-state index is -1.32. The molecule has 0 aliphatic heterocycles. The van der Waals surface area contributed by atoms with Crippen LogP contribution in [-0.2, 0) is 19.1 Å². The van der Waals surface area contributed by atoms with Crippen molar-refractivity contribution in [2.75, 3.05) is 6.61 Å². The molecule has 1 atom stereocenters. The number of ketones is 2. The van der Waals surface area contributed by atoms with Gasteiger partial charge in [0.15, 0.2) is 0 Å². The maximum Gasteiger partial charge on any atom is 0.319 e. The number of hydrogen-bond acceptors (Lipinski definition) is 4. The summed E-state index contributed by atoms with van der Waals surface area (Å²) in [5.74, 6) is -1.05. The predicted molar refractivity (Wildman–Crippen MR) is 55.3 cm³/mol. The minimum absolute atomic E-state index is 0.0718. The Hall–Kier alpha value is -1.19. The first-order valence-electron chi connectivity index (χ1n) is 5.08. The third kappa shape index (κ3) is 3.46. The van der Waals surface area contributed by atoms with Crippen molar-refractivity contribution in [2.24, 2.45) is 5.41 Å². The molecule has 0 fully saturated rings. The topological polar surface area (TPSA) is 60.4 Å². The van der Waals surface area contributed by atoms with Crippen LogP contribution in [0.5, 0.6) is 0 Å². The standard InChI is InChI=1S/C11H18O4/c1-5-9(13)7-11(4,8(3)12)10(14)15-6-2/h5-7H2,1-4H3/t11-/m0/s1. The van der Waals surface area contributed by atoms with Crippen LogP contribution in [0.2, 0.25) is 0 Å². The van der Waals surface area contributed by atoms with E-state index in [4.69, 9.17) is 4.74 Å². The van der Waals surface area contributed by atoms with E-state index in [1.54, 1.807) is 13.8 Å². The molecule has 0 aromatic rings. The molecule has 0 spiro atoms. The third-order valence-electron chi connectivity index (χ3n) is 2.45. The van der Waals surface area contributed by atoms with Crippen LogP contribution >= 0.6 is 0 Å². The molecule has 0 amide bonds. The first-order valence-corrected chi connectivity index (χ1v) is 5.08. The molecule has 4 heteroatoms. The molecule has 0 N–H and O–H groups in total. The molecule has 86 valence electrons. The number of esters is 1. The molecule has 0 saturated heterocycles. The highest BCUT2D eigenvalue weighted by molar-refractivity contribution is 6.05. The summed E-state index contributed by atoms with van der Waals surface area (Å²) in [6.07, 6.45) is 0.250. The Bertz CT molecular complexity index is 270. The summed E-state index contributed by atoms with van der Waals surface area (Å²) in [5.41, 5.74) is -1.32. The van der Waals surface area contributed by atoms with Gasteiger partial charge in [0.2, 0.25) is 0 Å². The van der Waals surface area contributed by atoms with Crippen LogP contribution < -0.4 is 0 Å². The Kier molecular flexibility index (Phi) is 5.19. The lowest BCUT2D eigenvalue weighted by Crippen LogP contribution is -2.38. The lowest BCUT2D eigenvalue weighted by atomic mass is 9.81. The van der Waals surface area contributed by atoms with Crippen molar-refractivity contribution >= 4 is 17.5 Å². The highest BCUT2D eigenvalue weighted by Gasteiger charge is 2.41. The smallest absolute Gasteiger partial charge is 0.319 e. The second kappa shape index (κ2) is 5.63. The van der Waals surface area contributed by atoms with Crippen LogP contribution in [0.15, 0.2) is 0 Å². The Balaban J connectivity index is 4.81. The van der Waals surface area contributed by atoms with Crippen molar-refractivity contribution in [3.8, 4) is 0 Å². The highest BCUT2D eigenvalue weighted by Crippen LogP contribution is 2.25. The van der Waals surface area contributed by atoms with Crippen molar-refractivity contribution in [3.05, 3.63) is 0 Å². The zero-order chi connectivity index (χ0) is 12.1. The van der Waals surface area contributed by atoms with Gasteiger partial charge in [-0.25, -0.2) is 0 Å². The first-order chi connectivity index (χ1) is 6.88. The predicted octanol–water partition coefficient (Wildman–Crippen LogP) is 1.51. The summed E-state index contributed by atoms with van der Waals surface area (Å²) in [6.45, 7) is 6.34. The average molecular weight is 214 g/mol. The summed E-state index contributed by atoms with van der Waals surface area (Å²) in [5, 5.41) is 0. The Morgan fingerprint density at radius 2 is 1.73 bits per heavy atom. The molecule has 0 aromatic heterocycles. The number of rotatable bonds is 6. The van der Waals surface area contributed by atoms with E-state index in [0.29, 0.717) is 6.42 Å². The molecule has 0 saturated carbocycles. The van der Waals surface area contributed by atoms with Crippen LogP contribution in [0, 0.1) is 5.41 Å². The van der Waals surface area contributed by atoms with Crippen molar-refractivity contribution in [2.45, 2.75) is 40.5 Å². The van der Waals surface area contributed by atoms with Crippen molar-refractivity contribution in [1.29, 1.82) is 0 Å². The lowest BCUT2D eigenvalue weighted by Gasteiger charge is -2.23. The zero-order valence-electron chi connectivity index (χ0n) is 9.75. The third-order valence-corrected chi connectivity index (χ3v) is 2.45. The van der Waals surface area contributed by atoms with Gasteiger partial charge in [0.05, 0.1) is 6.61 Å². The van der Waals surface area contributed by atoms with Gasteiger partial charge < -0.3 is 4.74 Å². The Morgan fingerprint density at radius 1 is 1.20 bits per heavy atom. The number of carbonyl (C=O) groups is 3.